The van der Waals surface area contributed by atoms with Crippen molar-refractivity contribution in [1.29, 1.82) is 0 Å². The van der Waals surface area contributed by atoms with E-state index in [-0.39, 0.29) is 0 Å². The molecule has 0 unspecified atom stereocenters. The zero-order valence-electron chi connectivity index (χ0n) is 10.4. The number of hydrogen-bond acceptors (Lipinski definition) is 4. The summed E-state index contributed by atoms with van der Waals surface area (Å²) in [4.78, 5) is 4.23. The molecule has 0 saturated heterocycles. The number of anilines is 2. The molecule has 1 aromatic carbocycles. The van der Waals surface area contributed by atoms with Crippen LogP contribution >= 0.6 is 0 Å². The summed E-state index contributed by atoms with van der Waals surface area (Å²) >= 11 is 0. The highest BCUT2D eigenvalue weighted by Gasteiger charge is 2.22. The van der Waals surface area contributed by atoms with Gasteiger partial charge in [-0.1, -0.05) is 29.8 Å². The first-order valence-electron chi connectivity index (χ1n) is 6.23. The highest BCUT2D eigenvalue weighted by atomic mass is 15.4. The normalized spacial score (nSPS) is 14.7. The molecule has 1 heterocycles. The number of aryl methyl sites for hydroxylation is 1. The van der Waals surface area contributed by atoms with Gasteiger partial charge < -0.3 is 11.1 Å². The van der Waals surface area contributed by atoms with Crippen LogP contribution in [0.2, 0.25) is 0 Å². The fraction of sp³-hybridized carbons (Fsp3) is 0.385. The maximum absolute atomic E-state index is 5.87. The molecular formula is C13H17N5. The van der Waals surface area contributed by atoms with E-state index in [4.69, 9.17) is 5.73 Å². The van der Waals surface area contributed by atoms with E-state index in [9.17, 15) is 0 Å². The molecule has 1 saturated carbocycles. The lowest BCUT2D eigenvalue weighted by atomic mass is 10.1. The second kappa shape index (κ2) is 4.33. The first kappa shape index (κ1) is 11.1. The Morgan fingerprint density at radius 1 is 1.44 bits per heavy atom. The Bertz CT molecular complexity index is 556. The summed E-state index contributed by atoms with van der Waals surface area (Å²) in [6.07, 6.45) is 2.40. The van der Waals surface area contributed by atoms with Crippen molar-refractivity contribution < 1.29 is 0 Å². The Balaban J connectivity index is 1.77. The first-order chi connectivity index (χ1) is 8.70. The van der Waals surface area contributed by atoms with Gasteiger partial charge in [-0.05, 0) is 25.3 Å². The van der Waals surface area contributed by atoms with Crippen molar-refractivity contribution in [3.05, 3.63) is 35.4 Å². The van der Waals surface area contributed by atoms with Crippen LogP contribution in [0.25, 0.3) is 0 Å². The topological polar surface area (TPSA) is 68.8 Å². The lowest BCUT2D eigenvalue weighted by molar-refractivity contribution is 0.696. The number of nitrogens with zero attached hydrogens (tertiary/aromatic N) is 3. The van der Waals surface area contributed by atoms with Crippen molar-refractivity contribution in [3.8, 4) is 0 Å². The minimum atomic E-state index is 0.458. The molecule has 0 atom stereocenters. The average molecular weight is 243 g/mol. The van der Waals surface area contributed by atoms with E-state index in [1.54, 1.807) is 4.68 Å². The van der Waals surface area contributed by atoms with Crippen molar-refractivity contribution in [2.45, 2.75) is 32.4 Å². The van der Waals surface area contributed by atoms with Crippen LogP contribution in [0, 0.1) is 6.92 Å². The monoisotopic (exact) mass is 243 g/mol. The van der Waals surface area contributed by atoms with Gasteiger partial charge in [-0.3, -0.25) is 0 Å². The number of benzene rings is 1. The molecule has 0 spiro atoms. The molecule has 3 N–H and O–H groups in total. The van der Waals surface area contributed by atoms with Gasteiger partial charge in [0.05, 0.1) is 6.54 Å². The van der Waals surface area contributed by atoms with Crippen molar-refractivity contribution >= 4 is 11.9 Å². The molecule has 1 aliphatic rings. The Labute approximate surface area is 106 Å². The predicted octanol–water partition coefficient (Wildman–Crippen LogP) is 1.79. The molecule has 2 aromatic rings. The number of nitrogen functional groups attached to an aromatic ring is 1. The van der Waals surface area contributed by atoms with Gasteiger partial charge in [0.25, 0.3) is 0 Å². The minimum Gasteiger partial charge on any atom is -0.368 e. The fourth-order valence-corrected chi connectivity index (χ4v) is 1.93. The van der Waals surface area contributed by atoms with E-state index < -0.39 is 0 Å². The summed E-state index contributed by atoms with van der Waals surface area (Å²) in [7, 11) is 0. The summed E-state index contributed by atoms with van der Waals surface area (Å²) in [6, 6.07) is 8.87. The average Bonchev–Trinajstić information content (AvgIpc) is 3.05. The van der Waals surface area contributed by atoms with Crippen LogP contribution in [0.1, 0.15) is 24.0 Å². The van der Waals surface area contributed by atoms with Crippen LogP contribution in [0.3, 0.4) is 0 Å². The minimum absolute atomic E-state index is 0.458. The van der Waals surface area contributed by atoms with E-state index in [1.165, 1.54) is 24.0 Å². The van der Waals surface area contributed by atoms with Gasteiger partial charge in [0.2, 0.25) is 11.9 Å². The van der Waals surface area contributed by atoms with E-state index in [1.807, 2.05) is 6.07 Å². The van der Waals surface area contributed by atoms with Gasteiger partial charge in [-0.15, -0.1) is 5.10 Å². The summed E-state index contributed by atoms with van der Waals surface area (Å²) in [5.41, 5.74) is 8.30. The third-order valence-electron chi connectivity index (χ3n) is 3.03. The van der Waals surface area contributed by atoms with Crippen molar-refractivity contribution in [3.63, 3.8) is 0 Å². The Hall–Kier alpha value is -2.04. The van der Waals surface area contributed by atoms with E-state index in [0.717, 1.165) is 0 Å². The summed E-state index contributed by atoms with van der Waals surface area (Å²) in [5.74, 6) is 1.10. The molecule has 0 aliphatic heterocycles. The van der Waals surface area contributed by atoms with E-state index in [0.29, 0.717) is 24.5 Å². The SMILES string of the molecule is Cc1cccc(Cn2nc(NC3CC3)nc2N)c1. The van der Waals surface area contributed by atoms with Gasteiger partial charge >= 0.3 is 0 Å². The van der Waals surface area contributed by atoms with Crippen molar-refractivity contribution in [2.75, 3.05) is 11.1 Å². The zero-order chi connectivity index (χ0) is 12.5. The van der Waals surface area contributed by atoms with Crippen LogP contribution in [0.4, 0.5) is 11.9 Å². The third-order valence-corrected chi connectivity index (χ3v) is 3.03. The molecule has 5 heteroatoms. The van der Waals surface area contributed by atoms with Crippen LogP contribution in [0.5, 0.6) is 0 Å². The Kier molecular flexibility index (Phi) is 2.66. The lowest BCUT2D eigenvalue weighted by Gasteiger charge is -2.03. The highest BCUT2D eigenvalue weighted by Crippen LogP contribution is 2.23. The molecule has 0 amide bonds. The van der Waals surface area contributed by atoms with Gasteiger partial charge in [-0.2, -0.15) is 4.98 Å². The molecule has 1 aliphatic carbocycles. The predicted molar refractivity (Wildman–Crippen MR) is 71.4 cm³/mol. The van der Waals surface area contributed by atoms with E-state index in [2.05, 4.69) is 40.5 Å². The molecule has 5 nitrogen and oxygen atoms in total. The second-order valence-corrected chi connectivity index (χ2v) is 4.86. The largest absolute Gasteiger partial charge is 0.368 e. The quantitative estimate of drug-likeness (QED) is 0.859. The van der Waals surface area contributed by atoms with Gasteiger partial charge in [0.1, 0.15) is 0 Å². The Morgan fingerprint density at radius 2 is 2.28 bits per heavy atom. The number of rotatable bonds is 4. The van der Waals surface area contributed by atoms with Gasteiger partial charge in [-0.25, -0.2) is 4.68 Å². The zero-order valence-corrected chi connectivity index (χ0v) is 10.4. The standard InChI is InChI=1S/C13H17N5/c1-9-3-2-4-10(7-9)8-18-12(14)16-13(17-18)15-11-5-6-11/h2-4,7,11H,5-6,8H2,1H3,(H3,14,15,16,17). The molecule has 0 bridgehead atoms. The number of hydrogen-bond donors (Lipinski definition) is 2. The third kappa shape index (κ3) is 2.45. The summed E-state index contributed by atoms with van der Waals surface area (Å²) in [5, 5.41) is 7.64. The number of nitrogens with one attached hydrogen (secondary N) is 1. The molecular weight excluding hydrogens is 226 g/mol. The lowest BCUT2D eigenvalue weighted by Crippen LogP contribution is -2.07. The molecule has 3 rings (SSSR count). The molecule has 1 aromatic heterocycles. The van der Waals surface area contributed by atoms with Gasteiger partial charge in [0.15, 0.2) is 0 Å². The van der Waals surface area contributed by atoms with Crippen LogP contribution in [-0.2, 0) is 6.54 Å². The van der Waals surface area contributed by atoms with Crippen molar-refractivity contribution in [1.82, 2.24) is 14.8 Å². The molecule has 18 heavy (non-hydrogen) atoms. The van der Waals surface area contributed by atoms with Crippen LogP contribution < -0.4 is 11.1 Å². The second-order valence-electron chi connectivity index (χ2n) is 4.86. The van der Waals surface area contributed by atoms with E-state index >= 15 is 0 Å². The summed E-state index contributed by atoms with van der Waals surface area (Å²) < 4.78 is 1.74. The maximum atomic E-state index is 5.87. The first-order valence-corrected chi connectivity index (χ1v) is 6.23. The van der Waals surface area contributed by atoms with Crippen LogP contribution in [0.15, 0.2) is 24.3 Å². The molecule has 1 fully saturated rings. The maximum Gasteiger partial charge on any atom is 0.244 e. The highest BCUT2D eigenvalue weighted by molar-refractivity contribution is 5.34. The smallest absolute Gasteiger partial charge is 0.244 e. The number of nitrogens with two attached hydrogens (primary N) is 1. The molecule has 0 radical (unpaired) electrons. The summed E-state index contributed by atoms with van der Waals surface area (Å²) in [6.45, 7) is 2.74. The van der Waals surface area contributed by atoms with Gasteiger partial charge in [0, 0.05) is 6.04 Å². The van der Waals surface area contributed by atoms with Crippen LogP contribution in [-0.4, -0.2) is 20.8 Å². The number of aromatic nitrogens is 3. The fourth-order valence-electron chi connectivity index (χ4n) is 1.93. The Morgan fingerprint density at radius 3 is 3.00 bits per heavy atom. The van der Waals surface area contributed by atoms with Crippen molar-refractivity contribution in [2.24, 2.45) is 0 Å². The molecule has 94 valence electrons.